The van der Waals surface area contributed by atoms with Crippen LogP contribution < -0.4 is 5.73 Å². The summed E-state index contributed by atoms with van der Waals surface area (Å²) >= 11 is 0. The Morgan fingerprint density at radius 3 is 2.74 bits per heavy atom. The molecule has 1 heterocycles. The minimum atomic E-state index is 0.469. The zero-order chi connectivity index (χ0) is 13.5. The first-order valence-electron chi connectivity index (χ1n) is 6.44. The van der Waals surface area contributed by atoms with E-state index in [-0.39, 0.29) is 0 Å². The van der Waals surface area contributed by atoms with E-state index in [1.165, 1.54) is 0 Å². The average molecular weight is 261 g/mol. The standard InChI is InChI=1S/C14H19N3O2/c15-6-7-16-8-9-17(10-14(16)11-18)19-12-13-4-2-1-3-5-13/h1-5H,6-10,12,15H2. The molecule has 1 aromatic carbocycles. The van der Waals surface area contributed by atoms with E-state index in [4.69, 9.17) is 10.6 Å². The van der Waals surface area contributed by atoms with Crippen LogP contribution in [0.15, 0.2) is 36.0 Å². The van der Waals surface area contributed by atoms with Crippen LogP contribution in [0.1, 0.15) is 5.56 Å². The second kappa shape index (κ2) is 7.07. The van der Waals surface area contributed by atoms with Crippen molar-refractivity contribution >= 4 is 5.94 Å². The van der Waals surface area contributed by atoms with E-state index in [9.17, 15) is 4.79 Å². The minimum absolute atomic E-state index is 0.469. The van der Waals surface area contributed by atoms with Crippen LogP contribution in [-0.4, -0.2) is 48.6 Å². The van der Waals surface area contributed by atoms with Crippen molar-refractivity contribution in [3.8, 4) is 0 Å². The molecular formula is C14H19N3O2. The zero-order valence-corrected chi connectivity index (χ0v) is 10.9. The normalized spacial score (nSPS) is 16.5. The lowest BCUT2D eigenvalue weighted by molar-refractivity contribution is -0.176. The molecule has 0 bridgehead atoms. The molecule has 0 atom stereocenters. The van der Waals surface area contributed by atoms with Crippen LogP contribution in [0.3, 0.4) is 0 Å². The Morgan fingerprint density at radius 1 is 1.26 bits per heavy atom. The molecule has 2 rings (SSSR count). The number of nitrogens with zero attached hydrogens (tertiary/aromatic N) is 2. The van der Waals surface area contributed by atoms with Crippen molar-refractivity contribution in [1.29, 1.82) is 0 Å². The maximum absolute atomic E-state index is 10.9. The summed E-state index contributed by atoms with van der Waals surface area (Å²) in [7, 11) is 0. The largest absolute Gasteiger partial charge is 0.362 e. The molecule has 1 aromatic rings. The molecule has 0 radical (unpaired) electrons. The highest BCUT2D eigenvalue weighted by Crippen LogP contribution is 2.12. The summed E-state index contributed by atoms with van der Waals surface area (Å²) in [5.74, 6) is 1.98. The summed E-state index contributed by atoms with van der Waals surface area (Å²) in [5.41, 5.74) is 7.25. The van der Waals surface area contributed by atoms with Gasteiger partial charge in [-0.2, -0.15) is 5.06 Å². The Balaban J connectivity index is 1.85. The third-order valence-corrected chi connectivity index (χ3v) is 3.10. The second-order valence-electron chi connectivity index (χ2n) is 4.45. The number of benzene rings is 1. The summed E-state index contributed by atoms with van der Waals surface area (Å²) in [4.78, 5) is 18.6. The third kappa shape index (κ3) is 3.91. The number of rotatable bonds is 5. The van der Waals surface area contributed by atoms with Gasteiger partial charge < -0.3 is 10.6 Å². The van der Waals surface area contributed by atoms with Gasteiger partial charge in [0.15, 0.2) is 0 Å². The second-order valence-corrected chi connectivity index (χ2v) is 4.45. The molecule has 1 aliphatic heterocycles. The van der Waals surface area contributed by atoms with Gasteiger partial charge in [-0.05, 0) is 5.56 Å². The predicted octanol–water partition coefficient (Wildman–Crippen LogP) is 0.410. The number of hydroxylamine groups is 2. The molecule has 0 amide bonds. The summed E-state index contributed by atoms with van der Waals surface area (Å²) < 4.78 is 0. The van der Waals surface area contributed by atoms with Gasteiger partial charge in [0.05, 0.1) is 13.2 Å². The molecular weight excluding hydrogens is 242 g/mol. The molecule has 102 valence electrons. The van der Waals surface area contributed by atoms with Gasteiger partial charge in [0, 0.05) is 26.2 Å². The van der Waals surface area contributed by atoms with Crippen LogP contribution in [-0.2, 0) is 16.2 Å². The Bertz CT molecular complexity index is 443. The number of hydrogen-bond acceptors (Lipinski definition) is 5. The first-order chi connectivity index (χ1) is 9.33. The molecule has 1 fully saturated rings. The smallest absolute Gasteiger partial charge is 0.147 e. The molecule has 0 aromatic heterocycles. The van der Waals surface area contributed by atoms with Crippen molar-refractivity contribution in [1.82, 2.24) is 9.96 Å². The lowest BCUT2D eigenvalue weighted by Gasteiger charge is -2.35. The Hall–Kier alpha value is -1.65. The molecule has 1 aliphatic rings. The fourth-order valence-electron chi connectivity index (χ4n) is 2.06. The van der Waals surface area contributed by atoms with Crippen molar-refractivity contribution in [2.45, 2.75) is 6.61 Å². The van der Waals surface area contributed by atoms with Crippen LogP contribution in [0.25, 0.3) is 0 Å². The highest BCUT2D eigenvalue weighted by atomic mass is 16.7. The quantitative estimate of drug-likeness (QED) is 0.778. The first-order valence-corrected chi connectivity index (χ1v) is 6.44. The fourth-order valence-corrected chi connectivity index (χ4v) is 2.06. The maximum atomic E-state index is 10.9. The van der Waals surface area contributed by atoms with E-state index < -0.39 is 0 Å². The van der Waals surface area contributed by atoms with E-state index in [0.717, 1.165) is 18.7 Å². The molecule has 0 saturated carbocycles. The van der Waals surface area contributed by atoms with Crippen molar-refractivity contribution in [3.63, 3.8) is 0 Å². The van der Waals surface area contributed by atoms with Gasteiger partial charge >= 0.3 is 0 Å². The Kier molecular flexibility index (Phi) is 5.12. The van der Waals surface area contributed by atoms with Gasteiger partial charge in [0.25, 0.3) is 0 Å². The van der Waals surface area contributed by atoms with Crippen molar-refractivity contribution in [2.24, 2.45) is 5.73 Å². The number of hydrogen-bond donors (Lipinski definition) is 1. The van der Waals surface area contributed by atoms with Crippen molar-refractivity contribution in [2.75, 3.05) is 32.7 Å². The molecule has 1 saturated heterocycles. The van der Waals surface area contributed by atoms with Gasteiger partial charge in [-0.1, -0.05) is 30.3 Å². The van der Waals surface area contributed by atoms with Crippen molar-refractivity contribution in [3.05, 3.63) is 41.6 Å². The van der Waals surface area contributed by atoms with Crippen molar-refractivity contribution < 1.29 is 9.63 Å². The lowest BCUT2D eigenvalue weighted by Crippen LogP contribution is -2.46. The van der Waals surface area contributed by atoms with Crippen LogP contribution in [0.4, 0.5) is 0 Å². The molecule has 5 nitrogen and oxygen atoms in total. The topological polar surface area (TPSA) is 58.8 Å². The highest BCUT2D eigenvalue weighted by molar-refractivity contribution is 5.52. The Morgan fingerprint density at radius 2 is 2.05 bits per heavy atom. The van der Waals surface area contributed by atoms with Crippen LogP contribution in [0, 0.1) is 0 Å². The molecule has 2 N–H and O–H groups in total. The van der Waals surface area contributed by atoms with E-state index in [2.05, 4.69) is 0 Å². The van der Waals surface area contributed by atoms with E-state index >= 15 is 0 Å². The van der Waals surface area contributed by atoms with Gasteiger partial charge in [0.2, 0.25) is 0 Å². The van der Waals surface area contributed by atoms with Gasteiger partial charge in [-0.3, -0.25) is 4.84 Å². The predicted molar refractivity (Wildman–Crippen MR) is 72.6 cm³/mol. The summed E-state index contributed by atoms with van der Waals surface area (Å²) in [6, 6.07) is 9.97. The zero-order valence-electron chi connectivity index (χ0n) is 10.9. The average Bonchev–Trinajstić information content (AvgIpc) is 2.47. The molecule has 0 spiro atoms. The number of nitrogens with two attached hydrogens (primary N) is 1. The van der Waals surface area contributed by atoms with Crippen LogP contribution in [0.5, 0.6) is 0 Å². The van der Waals surface area contributed by atoms with E-state index in [0.29, 0.717) is 31.9 Å². The number of carbonyl (C=O) groups excluding carboxylic acids is 1. The van der Waals surface area contributed by atoms with E-state index in [1.54, 1.807) is 5.06 Å². The molecule has 19 heavy (non-hydrogen) atoms. The summed E-state index contributed by atoms with van der Waals surface area (Å²) in [5, 5.41) is 1.81. The number of piperazine rings is 1. The highest BCUT2D eigenvalue weighted by Gasteiger charge is 2.21. The van der Waals surface area contributed by atoms with Gasteiger partial charge in [-0.15, -0.1) is 0 Å². The maximum Gasteiger partial charge on any atom is 0.147 e. The fraction of sp³-hybridized carbons (Fsp3) is 0.429. The third-order valence-electron chi connectivity index (χ3n) is 3.10. The van der Waals surface area contributed by atoms with Crippen LogP contribution in [0.2, 0.25) is 0 Å². The monoisotopic (exact) mass is 261 g/mol. The van der Waals surface area contributed by atoms with Crippen LogP contribution >= 0.6 is 0 Å². The Labute approximate surface area is 113 Å². The van der Waals surface area contributed by atoms with E-state index in [1.807, 2.05) is 41.2 Å². The minimum Gasteiger partial charge on any atom is -0.362 e. The van der Waals surface area contributed by atoms with Gasteiger partial charge in [0.1, 0.15) is 11.6 Å². The van der Waals surface area contributed by atoms with Gasteiger partial charge in [-0.25, -0.2) is 4.79 Å². The first kappa shape index (κ1) is 13.8. The molecule has 0 unspecified atom stereocenters. The SMILES string of the molecule is NCCN1CCN(OCc2ccccc2)CC1=C=O. The summed E-state index contributed by atoms with van der Waals surface area (Å²) in [6.45, 7) is 3.72. The molecule has 0 aliphatic carbocycles. The molecule has 5 heteroatoms. The summed E-state index contributed by atoms with van der Waals surface area (Å²) in [6.07, 6.45) is 0. The lowest BCUT2D eigenvalue weighted by atomic mass is 10.2.